The summed E-state index contributed by atoms with van der Waals surface area (Å²) in [4.78, 5) is 14.4. The van der Waals surface area contributed by atoms with Gasteiger partial charge in [0.05, 0.1) is 40.0 Å². The number of rotatable bonds is 6. The first-order valence-corrected chi connectivity index (χ1v) is 18.2. The van der Waals surface area contributed by atoms with Gasteiger partial charge in [-0.1, -0.05) is 151 Å². The molecule has 0 bridgehead atoms. The highest BCUT2D eigenvalue weighted by atomic mass is 32.1. The molecule has 0 saturated heterocycles. The monoisotopic (exact) mass is 749 g/mol. The van der Waals surface area contributed by atoms with E-state index in [-0.39, 0.29) is 56.1 Å². The quantitative estimate of drug-likeness (QED) is 0.170. The lowest BCUT2D eigenvalue weighted by Gasteiger charge is -2.16. The van der Waals surface area contributed by atoms with E-state index in [0.717, 1.165) is 25.7 Å². The van der Waals surface area contributed by atoms with Gasteiger partial charge >= 0.3 is 0 Å². The van der Waals surface area contributed by atoms with E-state index in [4.69, 9.17) is 26.4 Å². The number of benzene rings is 8. The molecule has 0 fully saturated rings. The van der Waals surface area contributed by atoms with Crippen LogP contribution in [0.3, 0.4) is 0 Å². The third kappa shape index (κ3) is 5.48. The highest BCUT2D eigenvalue weighted by Gasteiger charge is 2.21. The predicted octanol–water partition coefficient (Wildman–Crippen LogP) is 13.7. The molecule has 11 aromatic rings. The lowest BCUT2D eigenvalue weighted by Crippen LogP contribution is -2.04. The number of thiophene rings is 1. The SMILES string of the molecule is [2H]c1c([2H])c([2H])c(-c2nc(-c3ccccc3)nc(-c3cc(-c4ccc5c(c4)sc4ccccc45)ccc3-n3c4c([2H])c([2H])c([2H])c([2H])c4c4c([2H])c(-c5c([2H])c([2H])c([2H])c([2H])c5[2H])c([2H])c([2H])c43)n2)c([2H])c1[2H]. The van der Waals surface area contributed by atoms with Gasteiger partial charge in [0.2, 0.25) is 0 Å². The van der Waals surface area contributed by atoms with Crippen molar-refractivity contribution in [3.05, 3.63) is 194 Å². The van der Waals surface area contributed by atoms with Crippen molar-refractivity contribution in [2.45, 2.75) is 0 Å². The van der Waals surface area contributed by atoms with Crippen LogP contribution < -0.4 is 0 Å². The Morgan fingerprint density at radius 3 is 1.89 bits per heavy atom. The topological polar surface area (TPSA) is 43.6 Å². The molecule has 0 unspecified atom stereocenters. The largest absolute Gasteiger partial charge is 0.309 e. The summed E-state index contributed by atoms with van der Waals surface area (Å²) in [5.41, 5.74) is 0.00838. The fraction of sp³-hybridized carbons (Fsp3) is 0. The molecule has 0 radical (unpaired) electrons. The number of hydrogen-bond acceptors (Lipinski definition) is 4. The minimum Gasteiger partial charge on any atom is -0.309 e. The zero-order valence-corrected chi connectivity index (χ0v) is 29.7. The third-order valence-electron chi connectivity index (χ3n) is 9.49. The van der Waals surface area contributed by atoms with Crippen molar-refractivity contribution in [2.24, 2.45) is 0 Å². The minimum absolute atomic E-state index is 0.0194. The van der Waals surface area contributed by atoms with Crippen LogP contribution in [0.25, 0.3) is 104 Å². The van der Waals surface area contributed by atoms with Gasteiger partial charge in [0.15, 0.2) is 17.5 Å². The lowest BCUT2D eigenvalue weighted by atomic mass is 9.99. The van der Waals surface area contributed by atoms with Crippen LogP contribution in [0.1, 0.15) is 23.3 Å². The van der Waals surface area contributed by atoms with Crippen molar-refractivity contribution < 1.29 is 23.3 Å². The molecule has 0 aliphatic heterocycles. The molecule has 4 nitrogen and oxygen atoms in total. The van der Waals surface area contributed by atoms with Gasteiger partial charge in [0.1, 0.15) is 0 Å². The average molecular weight is 750 g/mol. The number of aromatic nitrogens is 4. The van der Waals surface area contributed by atoms with E-state index in [2.05, 4.69) is 4.98 Å². The normalized spacial score (nSPS) is 15.8. The van der Waals surface area contributed by atoms with Crippen LogP contribution in [0.4, 0.5) is 0 Å². The second-order valence-electron chi connectivity index (χ2n) is 12.7. The summed E-state index contributed by atoms with van der Waals surface area (Å²) in [5, 5.41) is 1.55. The minimum atomic E-state index is -0.753. The van der Waals surface area contributed by atoms with Gasteiger partial charge < -0.3 is 4.57 Å². The van der Waals surface area contributed by atoms with Gasteiger partial charge in [-0.3, -0.25) is 0 Å². The van der Waals surface area contributed by atoms with Crippen molar-refractivity contribution in [3.8, 4) is 62.1 Å². The number of nitrogens with zero attached hydrogens (tertiary/aromatic N) is 4. The first-order valence-electron chi connectivity index (χ1n) is 25.9. The maximum Gasteiger partial charge on any atom is 0.166 e. The van der Waals surface area contributed by atoms with Gasteiger partial charge in [-0.15, -0.1) is 11.3 Å². The van der Waals surface area contributed by atoms with Crippen LogP contribution in [0.2, 0.25) is 0 Å². The predicted molar refractivity (Wildman–Crippen MR) is 234 cm³/mol. The van der Waals surface area contributed by atoms with Crippen LogP contribution in [0, 0.1) is 0 Å². The number of para-hydroxylation sites is 1. The average Bonchev–Trinajstić information content (AvgIpc) is 3.98. The van der Waals surface area contributed by atoms with Crippen LogP contribution in [-0.2, 0) is 0 Å². The van der Waals surface area contributed by atoms with Gasteiger partial charge in [0, 0.05) is 47.6 Å². The van der Waals surface area contributed by atoms with Crippen molar-refractivity contribution >= 4 is 53.3 Å². The van der Waals surface area contributed by atoms with Crippen molar-refractivity contribution in [2.75, 3.05) is 0 Å². The van der Waals surface area contributed by atoms with E-state index in [1.807, 2.05) is 42.5 Å². The second kappa shape index (κ2) is 13.3. The molecule has 0 atom stereocenters. The molecule has 3 aromatic heterocycles. The molecule has 0 N–H and O–H groups in total. The smallest absolute Gasteiger partial charge is 0.166 e. The fourth-order valence-electron chi connectivity index (χ4n) is 6.94. The van der Waals surface area contributed by atoms with Gasteiger partial charge in [-0.2, -0.15) is 0 Å². The van der Waals surface area contributed by atoms with E-state index >= 15 is 0 Å². The summed E-state index contributed by atoms with van der Waals surface area (Å²) in [7, 11) is 0. The molecule has 0 aliphatic rings. The zero-order chi connectivity index (χ0) is 51.8. The summed E-state index contributed by atoms with van der Waals surface area (Å²) in [6.45, 7) is 0. The third-order valence-corrected chi connectivity index (χ3v) is 10.6. The zero-order valence-electron chi connectivity index (χ0n) is 45.9. The molecule has 0 saturated carbocycles. The van der Waals surface area contributed by atoms with E-state index < -0.39 is 114 Å². The van der Waals surface area contributed by atoms with Gasteiger partial charge in [0.25, 0.3) is 0 Å². The molecule has 56 heavy (non-hydrogen) atoms. The molecule has 0 aliphatic carbocycles. The van der Waals surface area contributed by atoms with E-state index in [1.54, 1.807) is 59.9 Å². The summed E-state index contributed by atoms with van der Waals surface area (Å²) in [6, 6.07) is 16.2. The van der Waals surface area contributed by atoms with E-state index in [1.165, 1.54) is 4.57 Å². The summed E-state index contributed by atoms with van der Waals surface area (Å²) >= 11 is 1.59. The lowest BCUT2D eigenvalue weighted by molar-refractivity contribution is 1.06. The second-order valence-corrected chi connectivity index (χ2v) is 13.8. The van der Waals surface area contributed by atoms with Crippen LogP contribution in [-0.4, -0.2) is 19.5 Å². The highest BCUT2D eigenvalue weighted by molar-refractivity contribution is 7.25. The first-order chi connectivity index (χ1) is 34.8. The Hall–Kier alpha value is -7.21. The highest BCUT2D eigenvalue weighted by Crippen LogP contribution is 2.41. The summed E-state index contributed by atoms with van der Waals surface area (Å²) in [6.07, 6.45) is 0. The molecular weight excluding hydrogens is 701 g/mol. The van der Waals surface area contributed by atoms with E-state index in [9.17, 15) is 6.85 Å². The van der Waals surface area contributed by atoms with Crippen LogP contribution in [0.15, 0.2) is 194 Å². The number of fused-ring (bicyclic) bond motifs is 6. The maximum atomic E-state index is 9.74. The van der Waals surface area contributed by atoms with Crippen molar-refractivity contribution in [1.29, 1.82) is 0 Å². The standard InChI is InChI=1S/C51H32N4S/c1-4-14-33(15-5-1)36-25-28-45-42(30-36)39-20-10-12-22-44(39)55(45)46-29-26-37(38-24-27-41-40-21-11-13-23-47(40)56-48(41)32-38)31-43(46)51-53-49(34-16-6-2-7-17-34)52-50(54-51)35-18-8-3-9-19-35/h1-32H/i1D,2D,4D,5D,6D,7D,10D,12D,14D,15D,16D,17D,20D,22D,25D,28D,30D. The molecule has 0 amide bonds. The molecule has 8 aromatic carbocycles. The fourth-order valence-corrected chi connectivity index (χ4v) is 8.08. The van der Waals surface area contributed by atoms with Crippen molar-refractivity contribution in [1.82, 2.24) is 19.5 Å². The Labute approximate surface area is 351 Å². The Morgan fingerprint density at radius 2 is 1.05 bits per heavy atom. The first kappa shape index (κ1) is 19.4. The van der Waals surface area contributed by atoms with E-state index in [0.29, 0.717) is 11.1 Å². The van der Waals surface area contributed by atoms with Crippen LogP contribution in [0.5, 0.6) is 0 Å². The van der Waals surface area contributed by atoms with Gasteiger partial charge in [-0.25, -0.2) is 15.0 Å². The Kier molecular flexibility index (Phi) is 4.60. The van der Waals surface area contributed by atoms with Crippen LogP contribution >= 0.6 is 11.3 Å². The Morgan fingerprint density at radius 1 is 0.411 bits per heavy atom. The van der Waals surface area contributed by atoms with Gasteiger partial charge in [-0.05, 0) is 64.6 Å². The Balaban J connectivity index is 1.30. The maximum absolute atomic E-state index is 9.74. The Bertz CT molecular complexity index is 4190. The summed E-state index contributed by atoms with van der Waals surface area (Å²) in [5.74, 6) is -0.434. The molecule has 262 valence electrons. The molecule has 3 heterocycles. The summed E-state index contributed by atoms with van der Waals surface area (Å²) < 4.78 is 155. The molecular formula is C51H32N4S. The molecule has 5 heteroatoms. The van der Waals surface area contributed by atoms with Crippen molar-refractivity contribution in [3.63, 3.8) is 0 Å². The molecule has 11 rings (SSSR count). The molecule has 0 spiro atoms. The number of hydrogen-bond donors (Lipinski definition) is 0.